The molecule has 2 aliphatic rings. The molecule has 42 heteroatoms. The summed E-state index contributed by atoms with van der Waals surface area (Å²) in [7, 11) is 1.53. The van der Waals surface area contributed by atoms with E-state index in [1.165, 1.54) is 27.9 Å². The predicted molar refractivity (Wildman–Crippen MR) is 460 cm³/mol. The highest BCUT2D eigenvalue weighted by Gasteiger charge is 2.51. The quantitative estimate of drug-likeness (QED) is 0.0105. The van der Waals surface area contributed by atoms with Crippen molar-refractivity contribution >= 4 is 64.7 Å². The maximum Gasteiger partial charge on any atom is 0.335 e. The normalized spacial score (nSPS) is 15.0. The number of nitrogens with zero attached hydrogens (tertiary/aromatic N) is 6. The third kappa shape index (κ3) is 58.9. The number of Topliss-reactive ketones (excluding diaryl/α,β-unsaturated/α-hetero) is 5. The molecule has 2 fully saturated rings. The number of para-hydroxylation sites is 1. The highest BCUT2D eigenvalue weighted by Crippen LogP contribution is 2.33. The Morgan fingerprint density at radius 3 is 1.30 bits per heavy atom. The SMILES string of the molecule is CC(C)(C)C(=O)C(O[N+](=O)[O-])C(O[N+](=O)[O-])C(=O)O.CC(C)(C)C(=O)CCC(=O)OC1COC2C(O[N+](=O)[O-])COC12.CC(C)(C)C(=O)CCC(=O)Oc1ccccc1.CC(C)(C)C(=O)c1ccccc1.CC(C)(C)CCCO[N+](=O)[O-].CCC(N)C(=O)C(C)(C)C.CCCCC(=O)Oc1cc(/C=C/C(=O)C(C)(C)C)ccc1OC.CCO[N+](=O)[O-].CCO[N+](=O)[O-]. The molecule has 3 N–H and O–H groups in total. The van der Waals surface area contributed by atoms with E-state index >= 15 is 0 Å². The largest absolute Gasteiger partial charge is 0.493 e. The van der Waals surface area contributed by atoms with Crippen LogP contribution >= 0.6 is 0 Å². The van der Waals surface area contributed by atoms with Gasteiger partial charge < -0.3 is 58.6 Å². The zero-order valence-corrected chi connectivity index (χ0v) is 77.9. The zero-order chi connectivity index (χ0) is 99.4. The number of ketones is 6. The Morgan fingerprint density at radius 2 is 0.929 bits per heavy atom. The molecule has 3 aromatic carbocycles. The second-order valence-electron chi connectivity index (χ2n) is 35.1. The molecule has 5 rings (SSSR count). The van der Waals surface area contributed by atoms with E-state index in [4.69, 9.17) is 39.3 Å². The number of esters is 3. The number of rotatable bonds is 35. The summed E-state index contributed by atoms with van der Waals surface area (Å²) in [5, 5.41) is 61.5. The first kappa shape index (κ1) is 121. The van der Waals surface area contributed by atoms with Gasteiger partial charge >= 0.3 is 23.9 Å². The topological polar surface area (TPSA) is 587 Å². The van der Waals surface area contributed by atoms with E-state index in [9.17, 15) is 109 Å². The maximum atomic E-state index is 11.9. The van der Waals surface area contributed by atoms with Crippen LogP contribution in [-0.4, -0.2) is 177 Å². The number of fused-ring (bicyclic) bond motifs is 1. The third-order valence-corrected chi connectivity index (χ3v) is 16.4. The summed E-state index contributed by atoms with van der Waals surface area (Å²) in [5.74, 6) is -2.29. The Hall–Kier alpha value is -11.8. The molecule has 0 amide bonds. The Kier molecular flexibility index (Phi) is 57.4. The lowest BCUT2D eigenvalue weighted by Gasteiger charge is -2.25. The van der Waals surface area contributed by atoms with Gasteiger partial charge in [0.2, 0.25) is 12.2 Å². The number of carbonyl (C=O) groups excluding carboxylic acids is 9. The Labute approximate surface area is 740 Å². The third-order valence-electron chi connectivity index (χ3n) is 16.4. The molecule has 0 aromatic heterocycles. The molecule has 0 radical (unpaired) electrons. The molecule has 2 saturated heterocycles. The molecule has 7 unspecified atom stereocenters. The Bertz CT molecular complexity index is 3960. The number of benzene rings is 3. The van der Waals surface area contributed by atoms with Crippen molar-refractivity contribution in [1.82, 2.24) is 0 Å². The summed E-state index contributed by atoms with van der Waals surface area (Å²) in [5.41, 5.74) is 4.28. The first-order valence-electron chi connectivity index (χ1n) is 40.5. The molecule has 42 nitrogen and oxygen atoms in total. The molecule has 0 saturated carbocycles. The first-order chi connectivity index (χ1) is 58.2. The maximum absolute atomic E-state index is 11.9. The van der Waals surface area contributed by atoms with Crippen LogP contribution in [0.15, 0.2) is 84.9 Å². The minimum Gasteiger partial charge on any atom is -0.493 e. The van der Waals surface area contributed by atoms with Crippen molar-refractivity contribution in [1.29, 1.82) is 0 Å². The number of aliphatic carboxylic acids is 1. The molecule has 0 bridgehead atoms. The van der Waals surface area contributed by atoms with Crippen LogP contribution in [0, 0.1) is 98.6 Å². The van der Waals surface area contributed by atoms with Crippen molar-refractivity contribution in [3.8, 4) is 17.2 Å². The molecular weight excluding hydrogens is 1680 g/mol. The number of allylic oxidation sites excluding steroid dienone is 1. The fourth-order valence-electron chi connectivity index (χ4n) is 9.40. The summed E-state index contributed by atoms with van der Waals surface area (Å²) >= 11 is 0. The van der Waals surface area contributed by atoms with Gasteiger partial charge in [0.1, 0.15) is 29.5 Å². The van der Waals surface area contributed by atoms with E-state index in [2.05, 4.69) is 49.8 Å². The molecule has 718 valence electrons. The van der Waals surface area contributed by atoms with Crippen LogP contribution in [0.3, 0.4) is 0 Å². The van der Waals surface area contributed by atoms with Gasteiger partial charge in [-0.05, 0) is 80.9 Å². The zero-order valence-electron chi connectivity index (χ0n) is 77.9. The van der Waals surface area contributed by atoms with E-state index in [0.717, 1.165) is 43.2 Å². The van der Waals surface area contributed by atoms with Gasteiger partial charge in [0.15, 0.2) is 46.8 Å². The number of nitrogens with two attached hydrogens (primary N) is 1. The summed E-state index contributed by atoms with van der Waals surface area (Å²) in [4.78, 5) is 199. The van der Waals surface area contributed by atoms with Crippen molar-refractivity contribution in [2.75, 3.05) is 40.1 Å². The standard InChI is InChI=1S/C19H26O4.C14H21NO8.C14H18O3.C11H14O.C8H12N2O9.C8H17NO.C7H15NO3.2C2H5NO3/c1-6-7-8-18(21)23-16-13-14(9-11-15(16)22-5)10-12-17(20)19(2,3)4;1-14(2,3)10(16)4-5-11(17)22-8-6-20-13-9(23-15(18)19)7-21-12(8)13;1-14(2,3)12(15)9-10-13(16)17-11-7-5-4-6-8-11;1-11(2,3)10(12)9-7-5-4-6-8-9;1-8(2,3)6(11)4(18-9(14)15)5(7(12)13)19-10(16)17;1-5-6(9)7(10)8(2,3)4;1-7(2,3)5-4-6-11-8(9)10;2*1-2-6-3(4)5/h9-13H,6-8H2,1-5H3;8-9,12-13H,4-7H2,1-3H3;4-8H,9-10H2,1-3H3;4-8H,1-3H3;4-5H,1-3H3,(H,12,13);6H,5,9H2,1-4H3;4-6H2,1-3H3;2*2H2,1H3/b12-10+;;;;;;;;. The Balaban J connectivity index is -0.000000691. The lowest BCUT2D eigenvalue weighted by molar-refractivity contribution is -0.792. The molecule has 0 spiro atoms. The fraction of sp³-hybridized carbons (Fsp3) is 0.647. The molecule has 0 aliphatic carbocycles. The number of unbranched alkanes of at least 4 members (excludes halogenated alkanes) is 1. The number of carbonyl (C=O) groups is 10. The van der Waals surface area contributed by atoms with Gasteiger partial charge in [-0.25, -0.2) is 4.79 Å². The van der Waals surface area contributed by atoms with Crippen molar-refractivity contribution in [2.24, 2.45) is 43.6 Å². The van der Waals surface area contributed by atoms with Crippen LogP contribution in [0.25, 0.3) is 6.08 Å². The van der Waals surface area contributed by atoms with Crippen molar-refractivity contribution in [2.45, 2.75) is 280 Å². The Morgan fingerprint density at radius 1 is 0.488 bits per heavy atom. The van der Waals surface area contributed by atoms with E-state index in [1.54, 1.807) is 83.2 Å². The molecule has 3 aromatic rings. The van der Waals surface area contributed by atoms with Crippen LogP contribution in [0.5, 0.6) is 17.2 Å². The summed E-state index contributed by atoms with van der Waals surface area (Å²) in [6, 6.07) is 23.2. The number of hydrogen-bond donors (Lipinski definition) is 2. The van der Waals surface area contributed by atoms with Gasteiger partial charge in [-0.1, -0.05) is 226 Å². The van der Waals surface area contributed by atoms with Crippen LogP contribution in [0.1, 0.15) is 253 Å². The van der Waals surface area contributed by atoms with Gasteiger partial charge in [-0.3, -0.25) is 52.8 Å². The van der Waals surface area contributed by atoms with E-state index < -0.39 is 107 Å². The highest BCUT2D eigenvalue weighted by molar-refractivity contribution is 6.00. The van der Waals surface area contributed by atoms with Crippen molar-refractivity contribution in [3.63, 3.8) is 0 Å². The number of carboxylic acids is 1. The average Bonchev–Trinajstić information content (AvgIpc) is 1.65. The van der Waals surface area contributed by atoms with E-state index in [0.29, 0.717) is 23.7 Å². The van der Waals surface area contributed by atoms with Gasteiger partial charge in [0, 0.05) is 57.3 Å². The van der Waals surface area contributed by atoms with Crippen LogP contribution in [0.2, 0.25) is 0 Å². The van der Waals surface area contributed by atoms with Gasteiger partial charge in [-0.15, -0.1) is 60.7 Å². The van der Waals surface area contributed by atoms with Crippen LogP contribution in [0.4, 0.5) is 0 Å². The monoisotopic (exact) mass is 1810 g/mol. The lowest BCUT2D eigenvalue weighted by atomic mass is 9.86. The summed E-state index contributed by atoms with van der Waals surface area (Å²) < 4.78 is 31.7. The van der Waals surface area contributed by atoms with Gasteiger partial charge in [0.25, 0.3) is 30.5 Å². The van der Waals surface area contributed by atoms with Gasteiger partial charge in [-0.2, -0.15) is 0 Å². The number of hydrogen-bond acceptors (Lipinski definition) is 35. The summed E-state index contributed by atoms with van der Waals surface area (Å²) in [6.07, 6.45) is 0.909. The molecule has 127 heavy (non-hydrogen) atoms. The fourth-order valence-corrected chi connectivity index (χ4v) is 9.40. The van der Waals surface area contributed by atoms with Gasteiger partial charge in [0.05, 0.1) is 59.0 Å². The molecule has 2 heterocycles. The second kappa shape index (κ2) is 60.0. The molecule has 2 aliphatic heterocycles. The predicted octanol–water partition coefficient (Wildman–Crippen LogP) is 14.6. The number of methoxy groups -OCH3 is 1. The average molecular weight is 1810 g/mol. The molecular formula is C85H133N7O35. The van der Waals surface area contributed by atoms with E-state index in [-0.39, 0.29) is 122 Å². The van der Waals surface area contributed by atoms with Crippen LogP contribution < -0.4 is 19.9 Å². The number of carboxylic acid groups (broad SMARTS) is 1. The molecule has 7 atom stereocenters. The van der Waals surface area contributed by atoms with Crippen LogP contribution in [-0.2, 0) is 86.4 Å². The highest BCUT2D eigenvalue weighted by atomic mass is 17.0. The first-order valence-corrected chi connectivity index (χ1v) is 40.5. The summed E-state index contributed by atoms with van der Waals surface area (Å²) in [6.45, 7) is 45.9. The smallest absolute Gasteiger partial charge is 0.335 e. The minimum atomic E-state index is -2.42. The van der Waals surface area contributed by atoms with Crippen molar-refractivity contribution < 1.29 is 141 Å². The van der Waals surface area contributed by atoms with E-state index in [1.807, 2.05) is 139 Å². The number of ether oxygens (including phenoxy) is 6. The lowest BCUT2D eigenvalue weighted by Crippen LogP contribution is -2.49. The van der Waals surface area contributed by atoms with Crippen molar-refractivity contribution in [3.05, 3.63) is 157 Å². The second-order valence-corrected chi connectivity index (χ2v) is 35.1. The minimum absolute atomic E-state index is 0.00682.